The third kappa shape index (κ3) is 4.43. The first kappa shape index (κ1) is 20.1. The lowest BCUT2D eigenvalue weighted by Crippen LogP contribution is -2.48. The maximum Gasteiger partial charge on any atom is 0.330 e. The second kappa shape index (κ2) is 8.58. The number of nitrogens with zero attached hydrogens (tertiary/aromatic N) is 2. The fourth-order valence-corrected chi connectivity index (χ4v) is 3.84. The van der Waals surface area contributed by atoms with Gasteiger partial charge in [0.15, 0.2) is 6.04 Å². The van der Waals surface area contributed by atoms with Gasteiger partial charge in [-0.3, -0.25) is 4.79 Å². The maximum absolute atomic E-state index is 13.5. The van der Waals surface area contributed by atoms with Gasteiger partial charge in [-0.15, -0.1) is 0 Å². The number of likely N-dealkylation sites (tertiary alicyclic amines) is 2. The minimum atomic E-state index is -1.23. The van der Waals surface area contributed by atoms with Crippen LogP contribution in [0.3, 0.4) is 0 Å². The van der Waals surface area contributed by atoms with Crippen LogP contribution in [0.2, 0.25) is 0 Å². The monoisotopic (exact) mass is 391 g/mol. The van der Waals surface area contributed by atoms with E-state index in [0.29, 0.717) is 37.1 Å². The lowest BCUT2D eigenvalue weighted by molar-refractivity contribution is -0.143. The van der Waals surface area contributed by atoms with Crippen molar-refractivity contribution in [3.63, 3.8) is 0 Å². The lowest BCUT2D eigenvalue weighted by Gasteiger charge is -2.34. The summed E-state index contributed by atoms with van der Waals surface area (Å²) in [7, 11) is 0. The lowest BCUT2D eigenvalue weighted by atomic mass is 9.95. The fraction of sp³-hybridized carbons (Fsp3) is 0.550. The van der Waals surface area contributed by atoms with Crippen LogP contribution in [0.4, 0.5) is 9.18 Å². The molecule has 2 saturated heterocycles. The van der Waals surface area contributed by atoms with Crippen LogP contribution in [-0.2, 0) is 9.59 Å². The Labute approximate surface area is 163 Å². The molecule has 1 atom stereocenters. The molecule has 2 N–H and O–H groups in total. The largest absolute Gasteiger partial charge is 0.479 e. The number of amides is 3. The molecule has 2 fully saturated rings. The van der Waals surface area contributed by atoms with E-state index < -0.39 is 17.8 Å². The van der Waals surface area contributed by atoms with Crippen LogP contribution in [0, 0.1) is 18.7 Å². The summed E-state index contributed by atoms with van der Waals surface area (Å²) in [5, 5.41) is 12.1. The van der Waals surface area contributed by atoms with Crippen LogP contribution in [0.25, 0.3) is 0 Å². The van der Waals surface area contributed by atoms with Crippen molar-refractivity contribution in [2.45, 2.75) is 38.6 Å². The van der Waals surface area contributed by atoms with Gasteiger partial charge >= 0.3 is 12.0 Å². The number of aryl methyl sites for hydroxylation is 1. The van der Waals surface area contributed by atoms with Gasteiger partial charge in [-0.2, -0.15) is 0 Å². The molecule has 2 aliphatic rings. The van der Waals surface area contributed by atoms with Gasteiger partial charge in [0.25, 0.3) is 0 Å². The molecule has 0 radical (unpaired) electrons. The molecule has 0 aromatic heterocycles. The number of carboxylic acid groups (broad SMARTS) is 1. The first-order valence-corrected chi connectivity index (χ1v) is 9.70. The SMILES string of the molecule is Cc1cc(C(NC(=O)C2CCN(C(=O)N3CCCC3)CC2)C(=O)O)ccc1F. The summed E-state index contributed by atoms with van der Waals surface area (Å²) in [6.45, 7) is 4.10. The number of carboxylic acids is 1. The zero-order valence-corrected chi connectivity index (χ0v) is 16.0. The normalized spacial score (nSPS) is 18.8. The van der Waals surface area contributed by atoms with E-state index in [0.717, 1.165) is 25.9 Å². The molecule has 0 saturated carbocycles. The highest BCUT2D eigenvalue weighted by Crippen LogP contribution is 2.23. The molecule has 152 valence electrons. The Morgan fingerprint density at radius 1 is 1.11 bits per heavy atom. The molecule has 2 aliphatic heterocycles. The van der Waals surface area contributed by atoms with E-state index in [4.69, 9.17) is 0 Å². The molecule has 1 aromatic rings. The number of rotatable bonds is 4. The van der Waals surface area contributed by atoms with Crippen LogP contribution in [-0.4, -0.2) is 59.0 Å². The summed E-state index contributed by atoms with van der Waals surface area (Å²) in [5.41, 5.74) is 0.660. The first-order valence-electron chi connectivity index (χ1n) is 9.70. The molecule has 1 unspecified atom stereocenters. The summed E-state index contributed by atoms with van der Waals surface area (Å²) in [5.74, 6) is -2.30. The van der Waals surface area contributed by atoms with Crippen molar-refractivity contribution in [2.24, 2.45) is 5.92 Å². The fourth-order valence-electron chi connectivity index (χ4n) is 3.84. The van der Waals surface area contributed by atoms with E-state index in [2.05, 4.69) is 5.32 Å². The average Bonchev–Trinajstić information content (AvgIpc) is 3.22. The second-order valence-corrected chi connectivity index (χ2v) is 7.53. The van der Waals surface area contributed by atoms with Gasteiger partial charge in [0.2, 0.25) is 5.91 Å². The predicted molar refractivity (Wildman–Crippen MR) is 100 cm³/mol. The molecule has 0 spiro atoms. The summed E-state index contributed by atoms with van der Waals surface area (Å²) in [6.07, 6.45) is 3.06. The highest BCUT2D eigenvalue weighted by Gasteiger charge is 2.32. The van der Waals surface area contributed by atoms with Gasteiger partial charge in [-0.05, 0) is 49.8 Å². The van der Waals surface area contributed by atoms with E-state index in [-0.39, 0.29) is 17.9 Å². The van der Waals surface area contributed by atoms with Crippen LogP contribution in [0.15, 0.2) is 18.2 Å². The molecular formula is C20H26FN3O4. The Kier molecular flexibility index (Phi) is 6.16. The molecule has 1 aromatic carbocycles. The Bertz CT molecular complexity index is 756. The van der Waals surface area contributed by atoms with Crippen LogP contribution < -0.4 is 5.32 Å². The van der Waals surface area contributed by atoms with Crippen molar-refractivity contribution < 1.29 is 23.9 Å². The average molecular weight is 391 g/mol. The summed E-state index contributed by atoms with van der Waals surface area (Å²) < 4.78 is 13.5. The zero-order valence-electron chi connectivity index (χ0n) is 16.0. The molecule has 28 heavy (non-hydrogen) atoms. The third-order valence-electron chi connectivity index (χ3n) is 5.56. The van der Waals surface area contributed by atoms with Gasteiger partial charge in [0.05, 0.1) is 0 Å². The topological polar surface area (TPSA) is 90.0 Å². The highest BCUT2D eigenvalue weighted by molar-refractivity contribution is 5.86. The molecule has 2 heterocycles. The number of hydrogen-bond acceptors (Lipinski definition) is 3. The third-order valence-corrected chi connectivity index (χ3v) is 5.56. The standard InChI is InChI=1S/C20H26FN3O4/c1-13-12-15(4-5-16(13)21)17(19(26)27)22-18(25)14-6-10-24(11-7-14)20(28)23-8-2-3-9-23/h4-5,12,14,17H,2-3,6-11H2,1H3,(H,22,25)(H,26,27). The number of carbonyl (C=O) groups excluding carboxylic acids is 2. The number of aliphatic carboxylic acids is 1. The molecular weight excluding hydrogens is 365 g/mol. The van der Waals surface area contributed by atoms with E-state index in [1.165, 1.54) is 18.2 Å². The van der Waals surface area contributed by atoms with Gasteiger partial charge < -0.3 is 20.2 Å². The minimum absolute atomic E-state index is 0.0292. The quantitative estimate of drug-likeness (QED) is 0.824. The number of carbonyl (C=O) groups is 3. The van der Waals surface area contributed by atoms with Crippen molar-refractivity contribution in [1.29, 1.82) is 0 Å². The Hall–Kier alpha value is -2.64. The molecule has 7 nitrogen and oxygen atoms in total. The predicted octanol–water partition coefficient (Wildman–Crippen LogP) is 2.30. The van der Waals surface area contributed by atoms with Crippen molar-refractivity contribution in [1.82, 2.24) is 15.1 Å². The van der Waals surface area contributed by atoms with Crippen molar-refractivity contribution in [3.05, 3.63) is 35.1 Å². The maximum atomic E-state index is 13.5. The number of nitrogens with one attached hydrogen (secondary N) is 1. The second-order valence-electron chi connectivity index (χ2n) is 7.53. The summed E-state index contributed by atoms with van der Waals surface area (Å²) in [6, 6.07) is 2.82. The number of hydrogen-bond donors (Lipinski definition) is 2. The molecule has 0 bridgehead atoms. The van der Waals surface area contributed by atoms with Crippen molar-refractivity contribution in [3.8, 4) is 0 Å². The van der Waals surface area contributed by atoms with Crippen LogP contribution >= 0.6 is 0 Å². The van der Waals surface area contributed by atoms with Crippen molar-refractivity contribution in [2.75, 3.05) is 26.2 Å². The number of piperidine rings is 1. The minimum Gasteiger partial charge on any atom is -0.479 e. The number of urea groups is 1. The smallest absolute Gasteiger partial charge is 0.330 e. The first-order chi connectivity index (χ1) is 13.4. The van der Waals surface area contributed by atoms with Gasteiger partial charge in [0.1, 0.15) is 5.82 Å². The van der Waals surface area contributed by atoms with E-state index in [1.807, 2.05) is 4.90 Å². The highest BCUT2D eigenvalue weighted by atomic mass is 19.1. The Morgan fingerprint density at radius 2 is 1.71 bits per heavy atom. The van der Waals surface area contributed by atoms with Crippen LogP contribution in [0.5, 0.6) is 0 Å². The Morgan fingerprint density at radius 3 is 2.29 bits per heavy atom. The van der Waals surface area contributed by atoms with E-state index in [9.17, 15) is 23.9 Å². The Balaban J connectivity index is 1.58. The molecule has 3 rings (SSSR count). The van der Waals surface area contributed by atoms with Gasteiger partial charge in [-0.25, -0.2) is 14.0 Å². The van der Waals surface area contributed by atoms with Gasteiger partial charge in [-0.1, -0.05) is 12.1 Å². The number of halogens is 1. The molecule has 8 heteroatoms. The van der Waals surface area contributed by atoms with E-state index >= 15 is 0 Å². The van der Waals surface area contributed by atoms with Crippen LogP contribution in [0.1, 0.15) is 42.9 Å². The zero-order chi connectivity index (χ0) is 20.3. The summed E-state index contributed by atoms with van der Waals surface area (Å²) in [4.78, 5) is 40.3. The van der Waals surface area contributed by atoms with Gasteiger partial charge in [0, 0.05) is 32.1 Å². The molecule has 0 aliphatic carbocycles. The number of benzene rings is 1. The van der Waals surface area contributed by atoms with E-state index in [1.54, 1.807) is 11.8 Å². The molecule has 3 amide bonds. The summed E-state index contributed by atoms with van der Waals surface area (Å²) >= 11 is 0. The van der Waals surface area contributed by atoms with Crippen molar-refractivity contribution >= 4 is 17.9 Å².